The monoisotopic (exact) mass is 517 g/mol. The molecule has 0 atom stereocenters. The Morgan fingerprint density at radius 1 is 1.19 bits per heavy atom. The average molecular weight is 518 g/mol. The van der Waals surface area contributed by atoms with Gasteiger partial charge in [0, 0.05) is 5.02 Å². The van der Waals surface area contributed by atoms with E-state index in [-0.39, 0.29) is 17.4 Å². The number of amides is 1. The number of aromatic amines is 1. The van der Waals surface area contributed by atoms with Crippen molar-refractivity contribution in [3.8, 4) is 22.8 Å². The van der Waals surface area contributed by atoms with Gasteiger partial charge in [0.25, 0.3) is 11.7 Å². The second-order valence-electron chi connectivity index (χ2n) is 7.94. The number of para-hydroxylation sites is 1. The summed E-state index contributed by atoms with van der Waals surface area (Å²) in [6.45, 7) is 5.69. The molecule has 0 fully saturated rings. The van der Waals surface area contributed by atoms with Gasteiger partial charge in [-0.25, -0.2) is 5.43 Å². The van der Waals surface area contributed by atoms with Crippen LogP contribution in [-0.2, 0) is 11.2 Å². The van der Waals surface area contributed by atoms with E-state index in [9.17, 15) is 9.90 Å². The number of allylic oxidation sites excluding steroid dienone is 1. The lowest BCUT2D eigenvalue weighted by molar-refractivity contribution is -0.625. The summed E-state index contributed by atoms with van der Waals surface area (Å²) in [4.78, 5) is 12.5. The Labute approximate surface area is 218 Å². The maximum Gasteiger partial charge on any atom is 0.342 e. The summed E-state index contributed by atoms with van der Waals surface area (Å²) in [5.74, 6) is 0.390. The second-order valence-corrected chi connectivity index (χ2v) is 9.32. The van der Waals surface area contributed by atoms with Crippen molar-refractivity contribution < 1.29 is 14.5 Å². The fraction of sp³-hybridized carbons (Fsp3) is 0.111. The molecular weight excluding hydrogens is 494 g/mol. The van der Waals surface area contributed by atoms with Crippen molar-refractivity contribution in [2.45, 2.75) is 18.5 Å². The number of aryl methyl sites for hydroxylation is 1. The molecule has 3 aromatic carbocycles. The van der Waals surface area contributed by atoms with Crippen LogP contribution in [0.25, 0.3) is 17.1 Å². The van der Waals surface area contributed by atoms with Gasteiger partial charge < -0.3 is 5.11 Å². The number of carbonyl (C=O) groups is 1. The van der Waals surface area contributed by atoms with E-state index in [4.69, 9.17) is 11.6 Å². The van der Waals surface area contributed by atoms with Crippen molar-refractivity contribution in [3.63, 3.8) is 0 Å². The molecule has 0 aliphatic heterocycles. The summed E-state index contributed by atoms with van der Waals surface area (Å²) in [5.41, 5.74) is 6.46. The van der Waals surface area contributed by atoms with Gasteiger partial charge in [0.15, 0.2) is 0 Å². The average Bonchev–Trinajstić information content (AvgIpc) is 3.30. The first-order valence-electron chi connectivity index (χ1n) is 11.1. The summed E-state index contributed by atoms with van der Waals surface area (Å²) in [5, 5.41) is 25.1. The molecule has 1 aromatic heterocycles. The molecule has 1 heterocycles. The molecule has 1 amide bonds. The molecule has 0 saturated heterocycles. The van der Waals surface area contributed by atoms with Crippen LogP contribution in [0.5, 0.6) is 5.75 Å². The number of nitrogens with one attached hydrogen (secondary N) is 2. The van der Waals surface area contributed by atoms with Crippen LogP contribution in [0.4, 0.5) is 0 Å². The number of hydrogen-bond acceptors (Lipinski definition) is 5. The summed E-state index contributed by atoms with van der Waals surface area (Å²) in [6, 6.07) is 20.7. The minimum Gasteiger partial charge on any atom is -0.872 e. The van der Waals surface area contributed by atoms with Gasteiger partial charge in [0.2, 0.25) is 0 Å². The lowest BCUT2D eigenvalue weighted by Crippen LogP contribution is -2.34. The van der Waals surface area contributed by atoms with Crippen LogP contribution < -0.4 is 15.1 Å². The van der Waals surface area contributed by atoms with Crippen LogP contribution >= 0.6 is 23.4 Å². The largest absolute Gasteiger partial charge is 0.872 e. The Bertz CT molecular complexity index is 1400. The number of benzene rings is 3. The molecular formula is C27H24ClN5O2S. The number of hydrogen-bond donors (Lipinski definition) is 2. The molecule has 0 aliphatic rings. The third kappa shape index (κ3) is 6.02. The van der Waals surface area contributed by atoms with Crippen molar-refractivity contribution in [1.29, 1.82) is 0 Å². The van der Waals surface area contributed by atoms with E-state index >= 15 is 0 Å². The minimum atomic E-state index is -0.322. The maximum atomic E-state index is 12.5. The Hall–Kier alpha value is -3.88. The van der Waals surface area contributed by atoms with Crippen molar-refractivity contribution in [2.24, 2.45) is 5.10 Å². The zero-order valence-corrected chi connectivity index (χ0v) is 21.1. The number of nitrogens with zero attached hydrogens (tertiary/aromatic N) is 3. The molecule has 0 aliphatic carbocycles. The maximum absolute atomic E-state index is 12.5. The predicted octanol–water partition coefficient (Wildman–Crippen LogP) is 4.36. The Kier molecular flexibility index (Phi) is 8.20. The Morgan fingerprint density at radius 3 is 2.67 bits per heavy atom. The Morgan fingerprint density at radius 2 is 1.94 bits per heavy atom. The molecule has 9 heteroatoms. The number of aromatic nitrogens is 3. The van der Waals surface area contributed by atoms with Crippen molar-refractivity contribution in [2.75, 3.05) is 5.75 Å². The third-order valence-corrected chi connectivity index (χ3v) is 6.49. The number of carbonyl (C=O) groups excluding carboxylic acids is 1. The standard InChI is InChI=1S/C27H24ClN5O2S/c1-3-5-19-6-4-7-21(25(19)35)16-29-30-24(34)17-36-27-32-31-26(20-10-12-22(28)13-11-20)33(27)23-14-8-18(2)9-15-23/h3-4,6-16H,1,5,17H2,2H3,(H2,29,30,34,35). The van der Waals surface area contributed by atoms with Crippen LogP contribution in [-0.4, -0.2) is 28.1 Å². The molecule has 182 valence electrons. The van der Waals surface area contributed by atoms with Gasteiger partial charge in [-0.2, -0.15) is 9.67 Å². The van der Waals surface area contributed by atoms with Gasteiger partial charge in [0.05, 0.1) is 22.6 Å². The highest BCUT2D eigenvalue weighted by Gasteiger charge is 2.24. The van der Waals surface area contributed by atoms with E-state index in [1.54, 1.807) is 24.3 Å². The van der Waals surface area contributed by atoms with E-state index in [2.05, 4.69) is 27.3 Å². The first-order valence-corrected chi connectivity index (χ1v) is 12.5. The highest BCUT2D eigenvalue weighted by atomic mass is 35.5. The molecule has 7 nitrogen and oxygen atoms in total. The SMILES string of the molecule is C=CCc1cccc(C=NNC(=O)CSc2n[nH]c(-c3ccc(Cl)cc3)[n+]2-c2ccc(C)cc2)c1[O-]. The van der Waals surface area contributed by atoms with Crippen LogP contribution in [0.2, 0.25) is 5.02 Å². The number of hydrazone groups is 1. The number of H-pyrrole nitrogens is 1. The van der Waals surface area contributed by atoms with Crippen LogP contribution in [0.3, 0.4) is 0 Å². The van der Waals surface area contributed by atoms with E-state index in [0.717, 1.165) is 22.6 Å². The minimum absolute atomic E-state index is 0.0782. The van der Waals surface area contributed by atoms with E-state index in [1.165, 1.54) is 18.0 Å². The van der Waals surface area contributed by atoms with Crippen LogP contribution in [0, 0.1) is 6.92 Å². The molecule has 4 aromatic rings. The molecule has 0 saturated carbocycles. The van der Waals surface area contributed by atoms with E-state index < -0.39 is 0 Å². The summed E-state index contributed by atoms with van der Waals surface area (Å²) in [6.07, 6.45) is 3.51. The summed E-state index contributed by atoms with van der Waals surface area (Å²) < 4.78 is 1.96. The third-order valence-electron chi connectivity index (χ3n) is 5.30. The highest BCUT2D eigenvalue weighted by molar-refractivity contribution is 7.99. The first kappa shape index (κ1) is 25.2. The van der Waals surface area contributed by atoms with Crippen molar-refractivity contribution in [3.05, 3.63) is 101 Å². The number of rotatable bonds is 9. The van der Waals surface area contributed by atoms with E-state index in [0.29, 0.717) is 27.7 Å². The quantitative estimate of drug-likeness (QED) is 0.113. The number of halogens is 1. The fourth-order valence-corrected chi connectivity index (χ4v) is 4.37. The van der Waals surface area contributed by atoms with Crippen molar-refractivity contribution in [1.82, 2.24) is 15.6 Å². The van der Waals surface area contributed by atoms with Gasteiger partial charge in [0.1, 0.15) is 5.69 Å². The Balaban J connectivity index is 1.49. The predicted molar refractivity (Wildman–Crippen MR) is 142 cm³/mol. The molecule has 0 spiro atoms. The fourth-order valence-electron chi connectivity index (χ4n) is 3.49. The topological polar surface area (TPSA) is 97.1 Å². The molecule has 4 rings (SSSR count). The second kappa shape index (κ2) is 11.7. The van der Waals surface area contributed by atoms with Gasteiger partial charge in [-0.3, -0.25) is 4.79 Å². The van der Waals surface area contributed by atoms with Crippen LogP contribution in [0.1, 0.15) is 16.7 Å². The van der Waals surface area contributed by atoms with Gasteiger partial charge in [-0.15, -0.1) is 11.7 Å². The van der Waals surface area contributed by atoms with Crippen LogP contribution in [0.15, 0.2) is 89.6 Å². The lowest BCUT2D eigenvalue weighted by atomic mass is 10.1. The zero-order chi connectivity index (χ0) is 25.5. The smallest absolute Gasteiger partial charge is 0.342 e. The van der Waals surface area contributed by atoms with E-state index in [1.807, 2.05) is 60.0 Å². The zero-order valence-electron chi connectivity index (χ0n) is 19.6. The lowest BCUT2D eigenvalue weighted by Gasteiger charge is -2.15. The summed E-state index contributed by atoms with van der Waals surface area (Å²) in [7, 11) is 0. The molecule has 0 unspecified atom stereocenters. The molecule has 2 N–H and O–H groups in total. The molecule has 0 radical (unpaired) electrons. The highest BCUT2D eigenvalue weighted by Crippen LogP contribution is 2.22. The van der Waals surface area contributed by atoms with Gasteiger partial charge in [-0.1, -0.05) is 64.9 Å². The molecule has 36 heavy (non-hydrogen) atoms. The van der Waals surface area contributed by atoms with Crippen molar-refractivity contribution >= 4 is 35.5 Å². The van der Waals surface area contributed by atoms with Gasteiger partial charge >= 0.3 is 5.16 Å². The first-order chi connectivity index (χ1) is 17.5. The molecule has 0 bridgehead atoms. The van der Waals surface area contributed by atoms with Gasteiger partial charge in [-0.05, 0) is 67.1 Å². The number of thioether (sulfide) groups is 1. The summed E-state index contributed by atoms with van der Waals surface area (Å²) >= 11 is 7.33. The normalized spacial score (nSPS) is 11.1.